The standard InChI is InChI=1S/C14H15F3N4O4S/c1-7-3-11(14(15,16)17)21-12(19-7)8(4-18-21)13(22)20-9-5-26(23,24)6-10(9)25-2/h3-4,9-10H,5-6H2,1-2H3,(H,20,22)/t9-,10-/m1/s1. The number of hydrogen-bond acceptors (Lipinski definition) is 6. The first-order chi connectivity index (χ1) is 12.0. The van der Waals surface area contributed by atoms with Crippen LogP contribution in [0.25, 0.3) is 5.65 Å². The third-order valence-electron chi connectivity index (χ3n) is 4.05. The zero-order valence-corrected chi connectivity index (χ0v) is 14.6. The second-order valence-electron chi connectivity index (χ2n) is 6.01. The third kappa shape index (κ3) is 3.38. The molecule has 1 N–H and O–H groups in total. The van der Waals surface area contributed by atoms with E-state index in [1.54, 1.807) is 0 Å². The Morgan fingerprint density at radius 2 is 2.08 bits per heavy atom. The van der Waals surface area contributed by atoms with Gasteiger partial charge in [0.2, 0.25) is 0 Å². The van der Waals surface area contributed by atoms with E-state index < -0.39 is 39.8 Å². The molecule has 2 aromatic rings. The highest BCUT2D eigenvalue weighted by Crippen LogP contribution is 2.30. The molecule has 1 fully saturated rings. The Morgan fingerprint density at radius 3 is 2.69 bits per heavy atom. The van der Waals surface area contributed by atoms with Crippen LogP contribution in [0.15, 0.2) is 12.3 Å². The van der Waals surface area contributed by atoms with E-state index in [1.165, 1.54) is 14.0 Å². The van der Waals surface area contributed by atoms with Crippen LogP contribution in [0.1, 0.15) is 21.7 Å². The molecule has 142 valence electrons. The number of nitrogens with zero attached hydrogens (tertiary/aromatic N) is 3. The fourth-order valence-electron chi connectivity index (χ4n) is 2.87. The van der Waals surface area contributed by atoms with Crippen molar-refractivity contribution in [3.05, 3.63) is 29.2 Å². The molecule has 8 nitrogen and oxygen atoms in total. The molecule has 1 saturated heterocycles. The van der Waals surface area contributed by atoms with Gasteiger partial charge in [0, 0.05) is 12.8 Å². The number of hydrogen-bond donors (Lipinski definition) is 1. The number of nitrogens with one attached hydrogen (secondary N) is 1. The van der Waals surface area contributed by atoms with E-state index >= 15 is 0 Å². The van der Waals surface area contributed by atoms with Crippen molar-refractivity contribution >= 4 is 21.4 Å². The van der Waals surface area contributed by atoms with Gasteiger partial charge in [-0.3, -0.25) is 4.79 Å². The smallest absolute Gasteiger partial charge is 0.378 e. The number of fused-ring (bicyclic) bond motifs is 1. The first-order valence-corrected chi connectivity index (χ1v) is 9.30. The Labute approximate surface area is 146 Å². The van der Waals surface area contributed by atoms with E-state index in [2.05, 4.69) is 15.4 Å². The molecule has 0 aliphatic carbocycles. The van der Waals surface area contributed by atoms with Crippen LogP contribution in [0.3, 0.4) is 0 Å². The van der Waals surface area contributed by atoms with Crippen LogP contribution in [0.2, 0.25) is 0 Å². The Bertz CT molecular complexity index is 970. The van der Waals surface area contributed by atoms with Crippen molar-refractivity contribution in [3.63, 3.8) is 0 Å². The van der Waals surface area contributed by atoms with Crippen LogP contribution in [-0.4, -0.2) is 59.7 Å². The molecule has 0 spiro atoms. The van der Waals surface area contributed by atoms with Gasteiger partial charge in [-0.2, -0.15) is 18.3 Å². The van der Waals surface area contributed by atoms with Crippen LogP contribution in [0.5, 0.6) is 0 Å². The lowest BCUT2D eigenvalue weighted by Crippen LogP contribution is -2.43. The summed E-state index contributed by atoms with van der Waals surface area (Å²) >= 11 is 0. The van der Waals surface area contributed by atoms with E-state index in [9.17, 15) is 26.4 Å². The fraction of sp³-hybridized carbons (Fsp3) is 0.500. The van der Waals surface area contributed by atoms with Crippen molar-refractivity contribution in [1.82, 2.24) is 19.9 Å². The molecule has 3 heterocycles. The minimum absolute atomic E-state index is 0.0672. The second kappa shape index (κ2) is 6.20. The van der Waals surface area contributed by atoms with Gasteiger partial charge in [-0.25, -0.2) is 17.9 Å². The Balaban J connectivity index is 1.96. The average Bonchev–Trinajstić information content (AvgIpc) is 3.05. The van der Waals surface area contributed by atoms with E-state index in [0.29, 0.717) is 4.52 Å². The molecule has 26 heavy (non-hydrogen) atoms. The van der Waals surface area contributed by atoms with Gasteiger partial charge in [-0.15, -0.1) is 0 Å². The Kier molecular flexibility index (Phi) is 4.43. The molecule has 0 unspecified atom stereocenters. The van der Waals surface area contributed by atoms with Gasteiger partial charge in [-0.1, -0.05) is 0 Å². The molecule has 2 aromatic heterocycles. The maximum absolute atomic E-state index is 13.1. The molecule has 2 atom stereocenters. The molecule has 3 rings (SSSR count). The SMILES string of the molecule is CO[C@@H]1CS(=O)(=O)C[C@H]1NC(=O)c1cnn2c(C(F)(F)F)cc(C)nc12. The lowest BCUT2D eigenvalue weighted by Gasteiger charge is -2.17. The monoisotopic (exact) mass is 392 g/mol. The van der Waals surface area contributed by atoms with Crippen molar-refractivity contribution in [2.75, 3.05) is 18.6 Å². The van der Waals surface area contributed by atoms with Crippen molar-refractivity contribution in [2.24, 2.45) is 0 Å². The largest absolute Gasteiger partial charge is 0.433 e. The van der Waals surface area contributed by atoms with Crippen LogP contribution >= 0.6 is 0 Å². The number of rotatable bonds is 3. The summed E-state index contributed by atoms with van der Waals surface area (Å²) in [6.07, 6.45) is -4.43. The first kappa shape index (κ1) is 18.6. The molecule has 1 aliphatic rings. The van der Waals surface area contributed by atoms with Crippen molar-refractivity contribution in [2.45, 2.75) is 25.2 Å². The number of aromatic nitrogens is 3. The summed E-state index contributed by atoms with van der Waals surface area (Å²) in [7, 11) is -2.05. The number of aryl methyl sites for hydroxylation is 1. The van der Waals surface area contributed by atoms with Gasteiger partial charge in [0.25, 0.3) is 5.91 Å². The predicted molar refractivity (Wildman–Crippen MR) is 83.4 cm³/mol. The molecule has 0 aromatic carbocycles. The molecular formula is C14H15F3N4O4S. The van der Waals surface area contributed by atoms with Gasteiger partial charge in [0.05, 0.1) is 29.8 Å². The maximum Gasteiger partial charge on any atom is 0.433 e. The van der Waals surface area contributed by atoms with Crippen LogP contribution in [0.4, 0.5) is 13.2 Å². The van der Waals surface area contributed by atoms with E-state index in [-0.39, 0.29) is 28.4 Å². The summed E-state index contributed by atoms with van der Waals surface area (Å²) in [4.78, 5) is 16.4. The van der Waals surface area contributed by atoms with E-state index in [4.69, 9.17) is 4.74 Å². The van der Waals surface area contributed by atoms with Gasteiger partial charge in [0.1, 0.15) is 11.3 Å². The fourth-order valence-corrected chi connectivity index (χ4v) is 4.72. The summed E-state index contributed by atoms with van der Waals surface area (Å²) < 4.78 is 68.5. The number of sulfone groups is 1. The summed E-state index contributed by atoms with van der Waals surface area (Å²) in [5, 5.41) is 6.10. The highest BCUT2D eigenvalue weighted by Gasteiger charge is 2.40. The number of carbonyl (C=O) groups is 1. The van der Waals surface area contributed by atoms with Crippen molar-refractivity contribution in [3.8, 4) is 0 Å². The Hall–Kier alpha value is -2.21. The third-order valence-corrected chi connectivity index (χ3v) is 5.76. The molecule has 0 radical (unpaired) electrons. The second-order valence-corrected chi connectivity index (χ2v) is 8.16. The number of amides is 1. The van der Waals surface area contributed by atoms with Gasteiger partial charge < -0.3 is 10.1 Å². The molecule has 12 heteroatoms. The van der Waals surface area contributed by atoms with Crippen LogP contribution < -0.4 is 5.32 Å². The quantitative estimate of drug-likeness (QED) is 0.821. The van der Waals surface area contributed by atoms with Crippen molar-refractivity contribution < 1.29 is 31.1 Å². The summed E-state index contributed by atoms with van der Waals surface area (Å²) in [5.41, 5.74) is -1.43. The van der Waals surface area contributed by atoms with Gasteiger partial charge in [-0.05, 0) is 13.0 Å². The topological polar surface area (TPSA) is 103 Å². The number of halogens is 3. The van der Waals surface area contributed by atoms with E-state index in [0.717, 1.165) is 12.3 Å². The van der Waals surface area contributed by atoms with E-state index in [1.807, 2.05) is 0 Å². The van der Waals surface area contributed by atoms with Crippen LogP contribution in [-0.2, 0) is 20.8 Å². The molecule has 0 bridgehead atoms. The summed E-state index contributed by atoms with van der Waals surface area (Å²) in [6.45, 7) is 1.37. The zero-order chi connectivity index (χ0) is 19.3. The summed E-state index contributed by atoms with van der Waals surface area (Å²) in [6, 6.07) is 0.0194. The minimum Gasteiger partial charge on any atom is -0.378 e. The Morgan fingerprint density at radius 1 is 1.38 bits per heavy atom. The van der Waals surface area contributed by atoms with Crippen molar-refractivity contribution in [1.29, 1.82) is 0 Å². The van der Waals surface area contributed by atoms with Gasteiger partial charge in [0.15, 0.2) is 15.5 Å². The normalized spacial score (nSPS) is 22.7. The number of methoxy groups -OCH3 is 1. The zero-order valence-electron chi connectivity index (χ0n) is 13.7. The molecule has 0 saturated carbocycles. The average molecular weight is 392 g/mol. The summed E-state index contributed by atoms with van der Waals surface area (Å²) in [5.74, 6) is -1.31. The lowest BCUT2D eigenvalue weighted by molar-refractivity contribution is -0.142. The lowest BCUT2D eigenvalue weighted by atomic mass is 10.2. The molecule has 1 amide bonds. The van der Waals surface area contributed by atoms with Crippen LogP contribution in [0, 0.1) is 6.92 Å². The maximum atomic E-state index is 13.1. The molecule has 1 aliphatic heterocycles. The molecular weight excluding hydrogens is 377 g/mol. The first-order valence-electron chi connectivity index (χ1n) is 7.48. The number of ether oxygens (including phenoxy) is 1. The predicted octanol–water partition coefficient (Wildman–Crippen LogP) is 0.598. The van der Waals surface area contributed by atoms with Gasteiger partial charge >= 0.3 is 6.18 Å². The minimum atomic E-state index is -4.67. The highest BCUT2D eigenvalue weighted by molar-refractivity contribution is 7.91. The number of carbonyl (C=O) groups excluding carboxylic acids is 1. The number of alkyl halides is 3. The highest BCUT2D eigenvalue weighted by atomic mass is 32.2.